The molecule has 1 saturated carbocycles. The smallest absolute Gasteiger partial charge is 0.333 e. The number of Topliss-reactive ketones (excluding diaryl/α,β-unsaturated/α-hetero) is 1. The minimum Gasteiger partial charge on any atom is -0.466 e. The van der Waals surface area contributed by atoms with Crippen molar-refractivity contribution >= 4 is 18.0 Å². The fourth-order valence-corrected chi connectivity index (χ4v) is 3.47. The molecule has 0 bridgehead atoms. The zero-order chi connectivity index (χ0) is 16.9. The topological polar surface area (TPSA) is 89.9 Å². The van der Waals surface area contributed by atoms with E-state index >= 15 is 0 Å². The number of aldehydes is 1. The maximum absolute atomic E-state index is 11.8. The average molecular weight is 312 g/mol. The summed E-state index contributed by atoms with van der Waals surface area (Å²) in [5.74, 6) is -1.61. The van der Waals surface area contributed by atoms with E-state index in [9.17, 15) is 19.6 Å². The number of hydrogen-bond donors (Lipinski definition) is 1. The van der Waals surface area contributed by atoms with Gasteiger partial charge in [0, 0.05) is 23.8 Å². The molecule has 0 amide bonds. The first-order valence-electron chi connectivity index (χ1n) is 7.39. The Morgan fingerprint density at radius 2 is 2.05 bits per heavy atom. The van der Waals surface area contributed by atoms with E-state index in [1.165, 1.54) is 14.0 Å². The molecule has 1 fully saturated rings. The van der Waals surface area contributed by atoms with Crippen LogP contribution in [0.1, 0.15) is 39.5 Å². The number of carbonyl (C=O) groups excluding carboxylic acids is 3. The molecule has 0 spiro atoms. The second-order valence-electron chi connectivity index (χ2n) is 6.03. The molecule has 0 aliphatic heterocycles. The van der Waals surface area contributed by atoms with Crippen LogP contribution >= 0.6 is 0 Å². The molecule has 0 radical (unpaired) electrons. The van der Waals surface area contributed by atoms with Crippen molar-refractivity contribution in [2.75, 3.05) is 7.11 Å². The van der Waals surface area contributed by atoms with Crippen LogP contribution in [-0.4, -0.2) is 36.0 Å². The summed E-state index contributed by atoms with van der Waals surface area (Å²) in [5.41, 5.74) is -1.47. The summed E-state index contributed by atoms with van der Waals surface area (Å²) in [4.78, 5) is 39.4. The van der Waals surface area contributed by atoms with Gasteiger partial charge >= 0.3 is 5.97 Å². The van der Waals surface area contributed by atoms with Crippen LogP contribution < -0.4 is 0 Å². The van der Waals surface area contributed by atoms with Crippen molar-refractivity contribution in [3.05, 3.63) is 12.2 Å². The van der Waals surface area contributed by atoms with E-state index in [4.69, 9.17) is 0 Å². The molecule has 0 aromatic rings. The number of ketones is 1. The number of ether oxygens (including phenoxy) is 1. The molecule has 0 unspecified atom stereocenters. The molecule has 124 valence electrons. The lowest BCUT2D eigenvalue weighted by molar-refractivity contribution is -0.341. The van der Waals surface area contributed by atoms with Crippen LogP contribution in [0.15, 0.2) is 12.2 Å². The SMILES string of the molecule is C=C(C(=O)OC)[C@@H]1CC[C@@H](C)[C@H](CCC(C)=O)[C@@]1(C=O)OO. The number of rotatable bonds is 7. The number of esters is 1. The molecular weight excluding hydrogens is 288 g/mol. The summed E-state index contributed by atoms with van der Waals surface area (Å²) in [6, 6.07) is 0. The molecule has 6 heteroatoms. The third-order valence-corrected chi connectivity index (χ3v) is 4.74. The van der Waals surface area contributed by atoms with Gasteiger partial charge in [0.25, 0.3) is 0 Å². The Labute approximate surface area is 130 Å². The highest BCUT2D eigenvalue weighted by Crippen LogP contribution is 2.47. The lowest BCUT2D eigenvalue weighted by atomic mass is 9.61. The van der Waals surface area contributed by atoms with Gasteiger partial charge in [-0.1, -0.05) is 13.5 Å². The Morgan fingerprint density at radius 3 is 2.50 bits per heavy atom. The van der Waals surface area contributed by atoms with Gasteiger partial charge in [0.1, 0.15) is 5.78 Å². The minimum atomic E-state index is -1.57. The molecule has 0 heterocycles. The van der Waals surface area contributed by atoms with Crippen LogP contribution in [0.25, 0.3) is 0 Å². The minimum absolute atomic E-state index is 0.00106. The van der Waals surface area contributed by atoms with Gasteiger partial charge in [-0.15, -0.1) is 0 Å². The van der Waals surface area contributed by atoms with E-state index in [0.29, 0.717) is 19.1 Å². The largest absolute Gasteiger partial charge is 0.466 e. The Balaban J connectivity index is 3.17. The van der Waals surface area contributed by atoms with Gasteiger partial charge in [-0.05, 0) is 32.1 Å². The molecule has 6 nitrogen and oxygen atoms in total. The first kappa shape index (κ1) is 18.5. The van der Waals surface area contributed by atoms with E-state index in [1.807, 2.05) is 6.92 Å². The number of carbonyl (C=O) groups is 3. The van der Waals surface area contributed by atoms with Crippen LogP contribution in [0.5, 0.6) is 0 Å². The molecule has 0 aromatic carbocycles. The normalized spacial score (nSPS) is 31.4. The first-order valence-corrected chi connectivity index (χ1v) is 7.39. The number of hydrogen-bond acceptors (Lipinski definition) is 6. The Bertz CT molecular complexity index is 458. The second-order valence-corrected chi connectivity index (χ2v) is 6.03. The van der Waals surface area contributed by atoms with Crippen molar-refractivity contribution in [2.24, 2.45) is 17.8 Å². The molecular formula is C16H24O6. The summed E-state index contributed by atoms with van der Waals surface area (Å²) in [6.07, 6.45) is 2.44. The first-order chi connectivity index (χ1) is 10.3. The van der Waals surface area contributed by atoms with Gasteiger partial charge in [-0.25, -0.2) is 9.68 Å². The van der Waals surface area contributed by atoms with Crippen LogP contribution in [0, 0.1) is 17.8 Å². The zero-order valence-corrected chi connectivity index (χ0v) is 13.3. The third-order valence-electron chi connectivity index (χ3n) is 4.74. The fourth-order valence-electron chi connectivity index (χ4n) is 3.47. The van der Waals surface area contributed by atoms with Crippen molar-refractivity contribution in [3.8, 4) is 0 Å². The Morgan fingerprint density at radius 1 is 1.41 bits per heavy atom. The fraction of sp³-hybridized carbons (Fsp3) is 0.688. The Hall–Kier alpha value is -1.53. The number of methoxy groups -OCH3 is 1. The molecule has 1 aliphatic rings. The van der Waals surface area contributed by atoms with E-state index in [1.54, 1.807) is 0 Å². The molecule has 4 atom stereocenters. The van der Waals surface area contributed by atoms with E-state index in [2.05, 4.69) is 16.2 Å². The van der Waals surface area contributed by atoms with Gasteiger partial charge in [0.05, 0.1) is 7.11 Å². The van der Waals surface area contributed by atoms with E-state index in [-0.39, 0.29) is 29.6 Å². The third kappa shape index (κ3) is 3.44. The highest BCUT2D eigenvalue weighted by atomic mass is 17.1. The van der Waals surface area contributed by atoms with Crippen LogP contribution in [0.2, 0.25) is 0 Å². The summed E-state index contributed by atoms with van der Waals surface area (Å²) >= 11 is 0. The lowest BCUT2D eigenvalue weighted by Gasteiger charge is -2.46. The van der Waals surface area contributed by atoms with Crippen molar-refractivity contribution in [1.82, 2.24) is 0 Å². The van der Waals surface area contributed by atoms with Crippen molar-refractivity contribution in [2.45, 2.75) is 45.1 Å². The highest BCUT2D eigenvalue weighted by Gasteiger charge is 2.54. The van der Waals surface area contributed by atoms with Crippen molar-refractivity contribution < 1.29 is 29.3 Å². The summed E-state index contributed by atoms with van der Waals surface area (Å²) in [5, 5.41) is 9.46. The monoisotopic (exact) mass is 312 g/mol. The molecule has 1 rings (SSSR count). The molecule has 0 aromatic heterocycles. The second kappa shape index (κ2) is 7.65. The summed E-state index contributed by atoms with van der Waals surface area (Å²) in [7, 11) is 1.23. The quantitative estimate of drug-likeness (QED) is 0.255. The predicted octanol–water partition coefficient (Wildman–Crippen LogP) is 2.17. The Kier molecular flexibility index (Phi) is 6.44. The van der Waals surface area contributed by atoms with Gasteiger partial charge in [-0.2, -0.15) is 0 Å². The van der Waals surface area contributed by atoms with Crippen LogP contribution in [0.3, 0.4) is 0 Å². The molecule has 1 aliphatic carbocycles. The maximum atomic E-state index is 11.8. The van der Waals surface area contributed by atoms with E-state index in [0.717, 1.165) is 6.42 Å². The van der Waals surface area contributed by atoms with Gasteiger partial charge < -0.3 is 9.53 Å². The molecule has 1 N–H and O–H groups in total. The van der Waals surface area contributed by atoms with Gasteiger partial charge in [-0.3, -0.25) is 10.1 Å². The van der Waals surface area contributed by atoms with Gasteiger partial charge in [0.2, 0.25) is 0 Å². The highest BCUT2D eigenvalue weighted by molar-refractivity contribution is 5.89. The summed E-state index contributed by atoms with van der Waals surface area (Å²) < 4.78 is 4.66. The molecule has 0 saturated heterocycles. The van der Waals surface area contributed by atoms with Crippen molar-refractivity contribution in [3.63, 3.8) is 0 Å². The summed E-state index contributed by atoms with van der Waals surface area (Å²) in [6.45, 7) is 7.12. The average Bonchev–Trinajstić information content (AvgIpc) is 2.51. The van der Waals surface area contributed by atoms with Crippen molar-refractivity contribution in [1.29, 1.82) is 0 Å². The van der Waals surface area contributed by atoms with Crippen LogP contribution in [0.4, 0.5) is 0 Å². The predicted molar refractivity (Wildman–Crippen MR) is 79.0 cm³/mol. The van der Waals surface area contributed by atoms with E-state index < -0.39 is 17.5 Å². The maximum Gasteiger partial charge on any atom is 0.333 e. The zero-order valence-electron chi connectivity index (χ0n) is 13.3. The van der Waals surface area contributed by atoms with Crippen LogP contribution in [-0.2, 0) is 24.0 Å². The van der Waals surface area contributed by atoms with Gasteiger partial charge in [0.15, 0.2) is 11.9 Å². The molecule has 22 heavy (non-hydrogen) atoms. The lowest BCUT2D eigenvalue weighted by Crippen LogP contribution is -2.55. The standard InChI is InChI=1S/C16H24O6/c1-10-5-7-14(12(3)15(19)21-4)16(9-17,22-20)13(10)8-6-11(2)18/h9-10,13-14,20H,3,5-8H2,1-2,4H3/t10-,13+,14+,16-/m1/s1.